The highest BCUT2D eigenvalue weighted by molar-refractivity contribution is 7.99. The summed E-state index contributed by atoms with van der Waals surface area (Å²) in [5, 5.41) is 9.66. The van der Waals surface area contributed by atoms with Crippen LogP contribution in [0.4, 0.5) is 10.1 Å². The number of aromatic carboxylic acids is 1. The quantitative estimate of drug-likeness (QED) is 0.843. The normalized spacial score (nSPS) is 10.4. The van der Waals surface area contributed by atoms with Crippen molar-refractivity contribution in [1.29, 1.82) is 0 Å². The summed E-state index contributed by atoms with van der Waals surface area (Å²) in [4.78, 5) is 12.3. The molecule has 0 heterocycles. The van der Waals surface area contributed by atoms with Crippen molar-refractivity contribution in [3.63, 3.8) is 0 Å². The molecule has 6 heteroatoms. The van der Waals surface area contributed by atoms with Gasteiger partial charge in [-0.25, -0.2) is 9.18 Å². The number of benzene rings is 2. The molecule has 0 aliphatic rings. The predicted octanol–water partition coefficient (Wildman–Crippen LogP) is 3.91. The minimum Gasteiger partial charge on any atom is -0.478 e. The van der Waals surface area contributed by atoms with E-state index in [1.807, 2.05) is 0 Å². The van der Waals surface area contributed by atoms with Crippen LogP contribution >= 0.6 is 23.4 Å². The first-order valence-corrected chi connectivity index (χ1v) is 6.43. The minimum absolute atomic E-state index is 0.232. The molecule has 2 rings (SSSR count). The lowest BCUT2D eigenvalue weighted by Gasteiger charge is -2.09. The van der Waals surface area contributed by atoms with Crippen LogP contribution in [0.15, 0.2) is 46.2 Å². The van der Waals surface area contributed by atoms with Gasteiger partial charge in [-0.15, -0.1) is 0 Å². The average Bonchev–Trinajstić information content (AvgIpc) is 2.33. The van der Waals surface area contributed by atoms with E-state index >= 15 is 0 Å². The lowest BCUT2D eigenvalue weighted by molar-refractivity contribution is 0.0694. The summed E-state index contributed by atoms with van der Waals surface area (Å²) in [6.07, 6.45) is 0. The Morgan fingerprint density at radius 3 is 2.68 bits per heavy atom. The first-order chi connectivity index (χ1) is 8.99. The van der Waals surface area contributed by atoms with Gasteiger partial charge in [-0.3, -0.25) is 0 Å². The number of carboxylic acid groups (broad SMARTS) is 1. The molecule has 2 aromatic rings. The Hall–Kier alpha value is -1.72. The van der Waals surface area contributed by atoms with Crippen molar-refractivity contribution in [2.24, 2.45) is 0 Å². The monoisotopic (exact) mass is 297 g/mol. The third-order valence-corrected chi connectivity index (χ3v) is 3.68. The molecule has 0 spiro atoms. The smallest absolute Gasteiger partial charge is 0.339 e. The molecule has 98 valence electrons. The molecule has 2 aromatic carbocycles. The van der Waals surface area contributed by atoms with E-state index in [0.717, 1.165) is 11.0 Å². The number of hydrogen-bond donors (Lipinski definition) is 2. The lowest BCUT2D eigenvalue weighted by atomic mass is 10.2. The second-order valence-electron chi connectivity index (χ2n) is 3.70. The molecule has 0 saturated carbocycles. The summed E-state index contributed by atoms with van der Waals surface area (Å²) in [7, 11) is 0. The molecule has 0 aliphatic carbocycles. The molecule has 0 saturated heterocycles. The summed E-state index contributed by atoms with van der Waals surface area (Å²) in [5.41, 5.74) is 4.88. The Balaban J connectivity index is 2.46. The molecule has 0 bridgehead atoms. The third kappa shape index (κ3) is 3.00. The molecule has 0 fully saturated rings. The first-order valence-electron chi connectivity index (χ1n) is 5.23. The molecular formula is C13H9ClFNO2S. The number of carbonyl (C=O) groups is 1. The maximum atomic E-state index is 13.3. The van der Waals surface area contributed by atoms with E-state index < -0.39 is 11.8 Å². The van der Waals surface area contributed by atoms with Gasteiger partial charge < -0.3 is 10.8 Å². The van der Waals surface area contributed by atoms with Crippen molar-refractivity contribution in [2.45, 2.75) is 9.79 Å². The molecule has 0 amide bonds. The summed E-state index contributed by atoms with van der Waals surface area (Å²) < 4.78 is 13.3. The molecule has 19 heavy (non-hydrogen) atoms. The Morgan fingerprint density at radius 2 is 2.05 bits per heavy atom. The van der Waals surface area contributed by atoms with Crippen LogP contribution in [-0.2, 0) is 0 Å². The van der Waals surface area contributed by atoms with Crippen LogP contribution in [0.5, 0.6) is 0 Å². The van der Waals surface area contributed by atoms with Gasteiger partial charge in [0, 0.05) is 14.8 Å². The number of nitrogens with two attached hydrogens (primary N) is 1. The molecule has 0 aliphatic heterocycles. The van der Waals surface area contributed by atoms with Crippen molar-refractivity contribution >= 4 is 35.0 Å². The van der Waals surface area contributed by atoms with Crippen molar-refractivity contribution in [3.05, 3.63) is 52.8 Å². The lowest BCUT2D eigenvalue weighted by Crippen LogP contribution is -2.06. The number of rotatable bonds is 3. The fraction of sp³-hybridized carbons (Fsp3) is 0. The maximum Gasteiger partial charge on any atom is 0.339 e. The van der Waals surface area contributed by atoms with Crippen LogP contribution in [0.2, 0.25) is 5.02 Å². The summed E-state index contributed by atoms with van der Waals surface area (Å²) in [6, 6.07) is 9.47. The zero-order chi connectivity index (χ0) is 14.0. The fourth-order valence-electron chi connectivity index (χ4n) is 1.54. The Kier molecular flexibility index (Phi) is 3.97. The molecule has 0 atom stereocenters. The molecular weight excluding hydrogens is 289 g/mol. The van der Waals surface area contributed by atoms with E-state index in [2.05, 4.69) is 0 Å². The van der Waals surface area contributed by atoms with E-state index in [4.69, 9.17) is 22.4 Å². The van der Waals surface area contributed by atoms with Crippen LogP contribution < -0.4 is 5.73 Å². The highest BCUT2D eigenvalue weighted by atomic mass is 35.5. The topological polar surface area (TPSA) is 63.3 Å². The predicted molar refractivity (Wildman–Crippen MR) is 73.3 cm³/mol. The zero-order valence-corrected chi connectivity index (χ0v) is 11.1. The highest BCUT2D eigenvalue weighted by Crippen LogP contribution is 2.35. The summed E-state index contributed by atoms with van der Waals surface area (Å²) in [5.74, 6) is -2.01. The second-order valence-corrected chi connectivity index (χ2v) is 5.25. The van der Waals surface area contributed by atoms with E-state index in [-0.39, 0.29) is 11.3 Å². The van der Waals surface area contributed by atoms with Gasteiger partial charge in [-0.05, 0) is 30.3 Å². The van der Waals surface area contributed by atoms with Crippen LogP contribution in [0.3, 0.4) is 0 Å². The first kappa shape index (κ1) is 13.7. The number of halogens is 2. The van der Waals surface area contributed by atoms with Gasteiger partial charge in [0.05, 0.1) is 11.3 Å². The van der Waals surface area contributed by atoms with Gasteiger partial charge in [-0.1, -0.05) is 29.4 Å². The summed E-state index contributed by atoms with van der Waals surface area (Å²) >= 11 is 7.02. The van der Waals surface area contributed by atoms with E-state index in [9.17, 15) is 9.18 Å². The van der Waals surface area contributed by atoms with Crippen LogP contribution in [0.1, 0.15) is 10.4 Å². The molecule has 0 radical (unpaired) electrons. The fourth-order valence-corrected chi connectivity index (χ4v) is 2.81. The molecule has 3 nitrogen and oxygen atoms in total. The highest BCUT2D eigenvalue weighted by Gasteiger charge is 2.18. The van der Waals surface area contributed by atoms with Gasteiger partial charge in [0.25, 0.3) is 0 Å². The van der Waals surface area contributed by atoms with Crippen molar-refractivity contribution < 1.29 is 14.3 Å². The van der Waals surface area contributed by atoms with Gasteiger partial charge in [0.2, 0.25) is 0 Å². The van der Waals surface area contributed by atoms with Crippen molar-refractivity contribution in [1.82, 2.24) is 0 Å². The molecule has 0 aromatic heterocycles. The zero-order valence-electron chi connectivity index (χ0n) is 9.56. The standard InChI is InChI=1S/C13H9ClFNO2S/c14-7-2-1-3-8(6-7)19-10-5-4-9(15)12(16)11(10)13(17)18/h1-6H,16H2,(H,17,18). The van der Waals surface area contributed by atoms with Crippen LogP contribution in [-0.4, -0.2) is 11.1 Å². The average molecular weight is 298 g/mol. The minimum atomic E-state index is -1.26. The number of anilines is 1. The number of hydrogen-bond acceptors (Lipinski definition) is 3. The van der Waals surface area contributed by atoms with Crippen LogP contribution in [0.25, 0.3) is 0 Å². The van der Waals surface area contributed by atoms with Crippen LogP contribution in [0, 0.1) is 5.82 Å². The Bertz CT molecular complexity index is 649. The SMILES string of the molecule is Nc1c(F)ccc(Sc2cccc(Cl)c2)c1C(=O)O. The van der Waals surface area contributed by atoms with Crippen molar-refractivity contribution in [2.75, 3.05) is 5.73 Å². The summed E-state index contributed by atoms with van der Waals surface area (Å²) in [6.45, 7) is 0. The third-order valence-electron chi connectivity index (χ3n) is 2.39. The largest absolute Gasteiger partial charge is 0.478 e. The van der Waals surface area contributed by atoms with E-state index in [1.54, 1.807) is 24.3 Å². The van der Waals surface area contributed by atoms with E-state index in [0.29, 0.717) is 9.92 Å². The number of nitrogen functional groups attached to an aromatic ring is 1. The van der Waals surface area contributed by atoms with Gasteiger partial charge >= 0.3 is 5.97 Å². The second kappa shape index (κ2) is 5.50. The maximum absolute atomic E-state index is 13.3. The Labute approximate surface area is 118 Å². The van der Waals surface area contributed by atoms with Gasteiger partial charge in [0.15, 0.2) is 0 Å². The Morgan fingerprint density at radius 1 is 1.32 bits per heavy atom. The van der Waals surface area contributed by atoms with Gasteiger partial charge in [0.1, 0.15) is 5.82 Å². The molecule has 3 N–H and O–H groups in total. The van der Waals surface area contributed by atoms with E-state index in [1.165, 1.54) is 17.8 Å². The number of carboxylic acids is 1. The van der Waals surface area contributed by atoms with Gasteiger partial charge in [-0.2, -0.15) is 0 Å². The molecule has 0 unspecified atom stereocenters. The van der Waals surface area contributed by atoms with Crippen molar-refractivity contribution in [3.8, 4) is 0 Å².